The predicted octanol–water partition coefficient (Wildman–Crippen LogP) is 7.18. The molecule has 0 aliphatic heterocycles. The standard InChI is InChI=1S/C24H16Cl2F3NO3/c25-12-4-9-21(33-11-16-18(27)6-7-19(28)22(16)29)15(10-12)13-2-1-3-14(13)20-8-5-17(26)23(30-20)24(31)32/h4-10H,1-3,11H2,(H,31,32). The molecule has 9 heteroatoms. The van der Waals surface area contributed by atoms with Crippen molar-refractivity contribution in [3.05, 3.63) is 92.5 Å². The minimum Gasteiger partial charge on any atom is -0.488 e. The molecule has 4 rings (SSSR count). The van der Waals surface area contributed by atoms with Gasteiger partial charge in [0.2, 0.25) is 0 Å². The first-order chi connectivity index (χ1) is 15.8. The highest BCUT2D eigenvalue weighted by atomic mass is 35.5. The number of rotatable bonds is 6. The van der Waals surface area contributed by atoms with Crippen molar-refractivity contribution < 1.29 is 27.8 Å². The first-order valence-corrected chi connectivity index (χ1v) is 10.7. The topological polar surface area (TPSA) is 59.4 Å². The fourth-order valence-electron chi connectivity index (χ4n) is 3.80. The molecule has 0 atom stereocenters. The van der Waals surface area contributed by atoms with Gasteiger partial charge >= 0.3 is 5.97 Å². The lowest BCUT2D eigenvalue weighted by Crippen LogP contribution is -2.06. The maximum Gasteiger partial charge on any atom is 0.356 e. The Morgan fingerprint density at radius 2 is 1.73 bits per heavy atom. The minimum absolute atomic E-state index is 0.0253. The number of ether oxygens (including phenoxy) is 1. The van der Waals surface area contributed by atoms with Crippen molar-refractivity contribution in [2.45, 2.75) is 25.9 Å². The SMILES string of the molecule is O=C(O)c1nc(C2=C(c3cc(Cl)ccc3OCc3c(F)ccc(F)c3F)CCC2)ccc1Cl. The van der Waals surface area contributed by atoms with E-state index in [1.807, 2.05) is 0 Å². The van der Waals surface area contributed by atoms with Gasteiger partial charge in [0.15, 0.2) is 17.3 Å². The van der Waals surface area contributed by atoms with Crippen LogP contribution in [0.3, 0.4) is 0 Å². The van der Waals surface area contributed by atoms with Gasteiger partial charge in [0.05, 0.1) is 16.3 Å². The number of benzene rings is 2. The molecule has 0 amide bonds. The summed E-state index contributed by atoms with van der Waals surface area (Å²) in [5, 5.41) is 9.79. The molecule has 33 heavy (non-hydrogen) atoms. The third-order valence-electron chi connectivity index (χ3n) is 5.35. The minimum atomic E-state index is -1.31. The van der Waals surface area contributed by atoms with Crippen molar-refractivity contribution in [1.82, 2.24) is 4.98 Å². The van der Waals surface area contributed by atoms with Gasteiger partial charge in [-0.15, -0.1) is 0 Å². The number of nitrogens with zero attached hydrogens (tertiary/aromatic N) is 1. The van der Waals surface area contributed by atoms with Crippen LogP contribution in [-0.2, 0) is 6.61 Å². The summed E-state index contributed by atoms with van der Waals surface area (Å²) in [6.07, 6.45) is 2.03. The van der Waals surface area contributed by atoms with Crippen LogP contribution < -0.4 is 4.74 Å². The second-order valence-corrected chi connectivity index (χ2v) is 8.24. The second-order valence-electron chi connectivity index (χ2n) is 7.39. The number of halogens is 5. The molecule has 0 radical (unpaired) electrons. The summed E-state index contributed by atoms with van der Waals surface area (Å²) in [5.41, 5.74) is 1.87. The first-order valence-electron chi connectivity index (χ1n) is 9.93. The summed E-state index contributed by atoms with van der Waals surface area (Å²) in [4.78, 5) is 15.7. The van der Waals surface area contributed by atoms with E-state index >= 15 is 0 Å². The van der Waals surface area contributed by atoms with E-state index in [0.29, 0.717) is 40.9 Å². The lowest BCUT2D eigenvalue weighted by molar-refractivity contribution is 0.0690. The van der Waals surface area contributed by atoms with E-state index in [1.165, 1.54) is 6.07 Å². The molecular weight excluding hydrogens is 478 g/mol. The first kappa shape index (κ1) is 23.1. The van der Waals surface area contributed by atoms with Gasteiger partial charge in [-0.1, -0.05) is 23.2 Å². The van der Waals surface area contributed by atoms with E-state index in [9.17, 15) is 23.1 Å². The van der Waals surface area contributed by atoms with Crippen molar-refractivity contribution in [1.29, 1.82) is 0 Å². The van der Waals surface area contributed by atoms with Crippen LogP contribution in [0.4, 0.5) is 13.2 Å². The van der Waals surface area contributed by atoms with E-state index in [-0.39, 0.29) is 10.7 Å². The molecule has 1 N–H and O–H groups in total. The van der Waals surface area contributed by atoms with Crippen LogP contribution in [0.5, 0.6) is 5.75 Å². The van der Waals surface area contributed by atoms with Gasteiger partial charge in [0, 0.05) is 10.6 Å². The van der Waals surface area contributed by atoms with Crippen molar-refractivity contribution >= 4 is 40.3 Å². The van der Waals surface area contributed by atoms with Crippen molar-refractivity contribution in [2.24, 2.45) is 0 Å². The van der Waals surface area contributed by atoms with E-state index in [1.54, 1.807) is 24.3 Å². The largest absolute Gasteiger partial charge is 0.488 e. The quantitative estimate of drug-likeness (QED) is 0.369. The van der Waals surface area contributed by atoms with Gasteiger partial charge in [-0.05, 0) is 72.9 Å². The van der Waals surface area contributed by atoms with Crippen molar-refractivity contribution in [3.8, 4) is 5.75 Å². The average Bonchev–Trinajstić information content (AvgIpc) is 3.27. The number of pyridine rings is 1. The fourth-order valence-corrected chi connectivity index (χ4v) is 4.16. The van der Waals surface area contributed by atoms with E-state index in [4.69, 9.17) is 27.9 Å². The van der Waals surface area contributed by atoms with Gasteiger partial charge < -0.3 is 9.84 Å². The molecule has 1 aliphatic rings. The number of allylic oxidation sites excluding steroid dienone is 2. The Balaban J connectivity index is 1.75. The third-order valence-corrected chi connectivity index (χ3v) is 5.89. The highest BCUT2D eigenvalue weighted by Crippen LogP contribution is 2.43. The fraction of sp³-hybridized carbons (Fsp3) is 0.167. The number of hydrogen-bond acceptors (Lipinski definition) is 3. The van der Waals surface area contributed by atoms with Crippen LogP contribution >= 0.6 is 23.2 Å². The van der Waals surface area contributed by atoms with Gasteiger partial charge in [0.1, 0.15) is 18.2 Å². The lowest BCUT2D eigenvalue weighted by atomic mass is 9.98. The Bertz CT molecular complexity index is 1290. The summed E-state index contributed by atoms with van der Waals surface area (Å²) in [6, 6.07) is 9.44. The van der Waals surface area contributed by atoms with E-state index in [0.717, 1.165) is 23.6 Å². The average molecular weight is 494 g/mol. The molecule has 2 aromatic carbocycles. The Morgan fingerprint density at radius 1 is 1.00 bits per heavy atom. The molecule has 4 nitrogen and oxygen atoms in total. The number of aromatic nitrogens is 1. The molecular formula is C24H16Cl2F3NO3. The Labute approximate surface area is 197 Å². The lowest BCUT2D eigenvalue weighted by Gasteiger charge is -2.16. The molecule has 1 heterocycles. The Morgan fingerprint density at radius 3 is 2.48 bits per heavy atom. The summed E-state index contributed by atoms with van der Waals surface area (Å²) in [6.45, 7) is -0.533. The van der Waals surface area contributed by atoms with Crippen LogP contribution in [0.15, 0.2) is 42.5 Å². The molecule has 0 saturated carbocycles. The highest BCUT2D eigenvalue weighted by molar-refractivity contribution is 6.33. The molecule has 1 aliphatic carbocycles. The Kier molecular flexibility index (Phi) is 6.63. The van der Waals surface area contributed by atoms with Crippen molar-refractivity contribution in [2.75, 3.05) is 0 Å². The normalized spacial score (nSPS) is 13.5. The number of carbonyl (C=O) groups is 1. The van der Waals surface area contributed by atoms with Crippen LogP contribution in [0.1, 0.15) is 46.6 Å². The molecule has 0 unspecified atom stereocenters. The van der Waals surface area contributed by atoms with Gasteiger partial charge in [-0.25, -0.2) is 22.9 Å². The van der Waals surface area contributed by atoms with Crippen LogP contribution in [-0.4, -0.2) is 16.1 Å². The number of aromatic carboxylic acids is 1. The summed E-state index contributed by atoms with van der Waals surface area (Å²) < 4.78 is 47.3. The molecule has 1 aromatic heterocycles. The van der Waals surface area contributed by atoms with Crippen molar-refractivity contribution in [3.63, 3.8) is 0 Å². The zero-order valence-electron chi connectivity index (χ0n) is 17.0. The molecule has 0 bridgehead atoms. The van der Waals surface area contributed by atoms with Crippen LogP contribution in [0, 0.1) is 17.5 Å². The zero-order chi connectivity index (χ0) is 23.7. The highest BCUT2D eigenvalue weighted by Gasteiger charge is 2.24. The Hall–Kier alpha value is -3.03. The second kappa shape index (κ2) is 9.45. The zero-order valence-corrected chi connectivity index (χ0v) is 18.5. The summed E-state index contributed by atoms with van der Waals surface area (Å²) in [5.74, 6) is -4.35. The maximum atomic E-state index is 14.1. The third kappa shape index (κ3) is 4.70. The van der Waals surface area contributed by atoms with Gasteiger partial charge in [-0.3, -0.25) is 0 Å². The van der Waals surface area contributed by atoms with Gasteiger partial charge in [-0.2, -0.15) is 0 Å². The molecule has 0 fully saturated rings. The predicted molar refractivity (Wildman–Crippen MR) is 119 cm³/mol. The number of hydrogen-bond donors (Lipinski definition) is 1. The molecule has 170 valence electrons. The van der Waals surface area contributed by atoms with Crippen LogP contribution in [0.25, 0.3) is 11.1 Å². The smallest absolute Gasteiger partial charge is 0.356 e. The maximum absolute atomic E-state index is 14.1. The van der Waals surface area contributed by atoms with E-state index < -0.39 is 35.6 Å². The molecule has 0 spiro atoms. The summed E-state index contributed by atoms with van der Waals surface area (Å²) in [7, 11) is 0. The number of carboxylic acid groups (broad SMARTS) is 1. The van der Waals surface area contributed by atoms with Crippen LogP contribution in [0.2, 0.25) is 10.0 Å². The molecule has 3 aromatic rings. The molecule has 0 saturated heterocycles. The number of carboxylic acids is 1. The summed E-state index contributed by atoms with van der Waals surface area (Å²) >= 11 is 12.2. The monoisotopic (exact) mass is 493 g/mol. The van der Waals surface area contributed by atoms with E-state index in [2.05, 4.69) is 4.98 Å². The van der Waals surface area contributed by atoms with Gasteiger partial charge in [0.25, 0.3) is 0 Å².